The first-order chi connectivity index (χ1) is 25.3. The quantitative estimate of drug-likeness (QED) is 0.165. The summed E-state index contributed by atoms with van der Waals surface area (Å²) in [7, 11) is 0. The van der Waals surface area contributed by atoms with Gasteiger partial charge in [-0.25, -0.2) is 0 Å². The van der Waals surface area contributed by atoms with Crippen LogP contribution in [0, 0.1) is 0 Å². The lowest BCUT2D eigenvalue weighted by Gasteiger charge is -2.21. The molecule has 0 bridgehead atoms. The summed E-state index contributed by atoms with van der Waals surface area (Å²) in [5.41, 5.74) is 12.1. The average Bonchev–Trinajstić information content (AvgIpc) is 3.98. The van der Waals surface area contributed by atoms with Crippen LogP contribution in [0.4, 0.5) is 0 Å². The predicted molar refractivity (Wildman–Crippen MR) is 224 cm³/mol. The van der Waals surface area contributed by atoms with E-state index in [4.69, 9.17) is 0 Å². The van der Waals surface area contributed by atoms with Crippen LogP contribution < -0.4 is 0 Å². The van der Waals surface area contributed by atoms with E-state index in [9.17, 15) is 0 Å². The van der Waals surface area contributed by atoms with Crippen molar-refractivity contribution in [2.24, 2.45) is 0 Å². The van der Waals surface area contributed by atoms with Crippen molar-refractivity contribution in [3.8, 4) is 33.4 Å². The molecule has 0 saturated heterocycles. The van der Waals surface area contributed by atoms with Gasteiger partial charge >= 0.3 is 0 Å². The van der Waals surface area contributed by atoms with E-state index in [0.717, 1.165) is 6.42 Å². The smallest absolute Gasteiger partial charge is 0.0236 e. The molecule has 2 aliphatic rings. The van der Waals surface area contributed by atoms with Gasteiger partial charge in [0.05, 0.1) is 0 Å². The van der Waals surface area contributed by atoms with Gasteiger partial charge < -0.3 is 0 Å². The topological polar surface area (TPSA) is 0 Å². The zero-order chi connectivity index (χ0) is 33.5. The maximum absolute atomic E-state index is 2.51. The molecule has 11 rings (SSSR count). The Bertz CT molecular complexity index is 2790. The molecule has 0 N–H and O–H groups in total. The van der Waals surface area contributed by atoms with E-state index < -0.39 is 0 Å². The predicted octanol–water partition coefficient (Wildman–Crippen LogP) is 15.0. The van der Waals surface area contributed by atoms with Gasteiger partial charge in [-0.3, -0.25) is 0 Å². The number of allylic oxidation sites excluding steroid dienone is 4. The van der Waals surface area contributed by atoms with E-state index >= 15 is 0 Å². The number of fused-ring (bicyclic) bond motifs is 7. The summed E-state index contributed by atoms with van der Waals surface area (Å²) in [6.45, 7) is 0. The third kappa shape index (κ3) is 4.45. The number of hydrogen-bond acceptors (Lipinski definition) is 3. The molecule has 0 radical (unpaired) electrons. The molecule has 0 fully saturated rings. The fourth-order valence-electron chi connectivity index (χ4n) is 8.78. The van der Waals surface area contributed by atoms with Gasteiger partial charge in [0.15, 0.2) is 0 Å². The van der Waals surface area contributed by atoms with Crippen molar-refractivity contribution in [3.63, 3.8) is 0 Å². The van der Waals surface area contributed by atoms with Crippen LogP contribution in [0.1, 0.15) is 23.5 Å². The van der Waals surface area contributed by atoms with E-state index in [0.29, 0.717) is 5.92 Å². The Morgan fingerprint density at radius 1 is 0.451 bits per heavy atom. The first kappa shape index (κ1) is 29.5. The summed E-state index contributed by atoms with van der Waals surface area (Å²) in [6, 6.07) is 47.6. The Labute approximate surface area is 309 Å². The molecule has 51 heavy (non-hydrogen) atoms. The summed E-state index contributed by atoms with van der Waals surface area (Å²) in [4.78, 5) is 2.86. The summed E-state index contributed by atoms with van der Waals surface area (Å²) < 4.78 is 0. The first-order valence-electron chi connectivity index (χ1n) is 17.5. The second kappa shape index (κ2) is 11.7. The monoisotopic (exact) mass is 702 g/mol. The normalized spacial score (nSPS) is 15.3. The summed E-state index contributed by atoms with van der Waals surface area (Å²) >= 11 is 5.52. The number of benzene rings is 7. The highest BCUT2D eigenvalue weighted by atomic mass is 32.2. The van der Waals surface area contributed by atoms with Crippen LogP contribution in [-0.2, 0) is 0 Å². The second-order valence-electron chi connectivity index (χ2n) is 13.5. The van der Waals surface area contributed by atoms with Crippen molar-refractivity contribution in [2.75, 3.05) is 0 Å². The van der Waals surface area contributed by atoms with Gasteiger partial charge in [-0.1, -0.05) is 133 Å². The van der Waals surface area contributed by atoms with Gasteiger partial charge in [0, 0.05) is 10.8 Å². The Hall–Kier alpha value is -5.19. The van der Waals surface area contributed by atoms with Crippen molar-refractivity contribution in [1.82, 2.24) is 0 Å². The molecule has 1 atom stereocenters. The SMILES string of the molecule is C1=C(c2c3ccccc3c(-c3ccsc3)c3ccccc23)C=C2Sc3c(-c4c5ccccc5c(-c5ccsc5)c5ccccc45)cccc3C2C1. The van der Waals surface area contributed by atoms with Crippen molar-refractivity contribution < 1.29 is 0 Å². The Balaban J connectivity index is 1.09. The number of rotatable bonds is 4. The molecule has 240 valence electrons. The van der Waals surface area contributed by atoms with Crippen LogP contribution in [0.5, 0.6) is 0 Å². The van der Waals surface area contributed by atoms with Crippen molar-refractivity contribution in [3.05, 3.63) is 177 Å². The summed E-state index contributed by atoms with van der Waals surface area (Å²) in [5, 5.41) is 19.5. The number of thiophene rings is 2. The van der Waals surface area contributed by atoms with Crippen LogP contribution >= 0.6 is 34.4 Å². The summed E-state index contributed by atoms with van der Waals surface area (Å²) in [5.74, 6) is 0.374. The van der Waals surface area contributed by atoms with Gasteiger partial charge in [0.2, 0.25) is 0 Å². The van der Waals surface area contributed by atoms with Crippen molar-refractivity contribution in [1.29, 1.82) is 0 Å². The van der Waals surface area contributed by atoms with Gasteiger partial charge in [-0.2, -0.15) is 22.7 Å². The minimum absolute atomic E-state index is 0.374. The Kier molecular flexibility index (Phi) is 6.76. The van der Waals surface area contributed by atoms with Crippen molar-refractivity contribution in [2.45, 2.75) is 17.2 Å². The fraction of sp³-hybridized carbons (Fsp3) is 0.0417. The van der Waals surface area contributed by atoms with Gasteiger partial charge in [0.25, 0.3) is 0 Å². The molecule has 0 amide bonds. The lowest BCUT2D eigenvalue weighted by molar-refractivity contribution is 0.841. The van der Waals surface area contributed by atoms with Gasteiger partial charge in [-0.15, -0.1) is 0 Å². The van der Waals surface area contributed by atoms with Crippen LogP contribution in [0.3, 0.4) is 0 Å². The minimum Gasteiger partial charge on any atom is -0.152 e. The first-order valence-corrected chi connectivity index (χ1v) is 20.2. The largest absolute Gasteiger partial charge is 0.152 e. The van der Waals surface area contributed by atoms with E-state index in [1.807, 2.05) is 11.8 Å². The molecule has 0 nitrogen and oxygen atoms in total. The number of hydrogen-bond donors (Lipinski definition) is 0. The Morgan fingerprint density at radius 3 is 1.39 bits per heavy atom. The van der Waals surface area contributed by atoms with Crippen LogP contribution in [-0.4, -0.2) is 0 Å². The maximum atomic E-state index is 2.51. The molecule has 0 saturated carbocycles. The van der Waals surface area contributed by atoms with E-state index in [1.165, 1.54) is 103 Å². The molecule has 1 unspecified atom stereocenters. The zero-order valence-corrected chi connectivity index (χ0v) is 30.0. The van der Waals surface area contributed by atoms with Gasteiger partial charge in [0.1, 0.15) is 0 Å². The third-order valence-electron chi connectivity index (χ3n) is 10.9. The summed E-state index contributed by atoms with van der Waals surface area (Å²) in [6.07, 6.45) is 6.02. The van der Waals surface area contributed by atoms with Gasteiger partial charge in [-0.05, 0) is 144 Å². The van der Waals surface area contributed by atoms with E-state index in [-0.39, 0.29) is 0 Å². The average molecular weight is 703 g/mol. The lowest BCUT2D eigenvalue weighted by atomic mass is 9.82. The zero-order valence-electron chi connectivity index (χ0n) is 27.6. The number of thioether (sulfide) groups is 1. The van der Waals surface area contributed by atoms with E-state index in [1.54, 1.807) is 22.7 Å². The molecule has 3 heteroatoms. The molecule has 7 aromatic carbocycles. The highest BCUT2D eigenvalue weighted by molar-refractivity contribution is 8.03. The molecule has 2 aromatic heterocycles. The molecule has 0 spiro atoms. The second-order valence-corrected chi connectivity index (χ2v) is 16.2. The van der Waals surface area contributed by atoms with Crippen LogP contribution in [0.25, 0.3) is 82.0 Å². The maximum Gasteiger partial charge on any atom is 0.0236 e. The minimum atomic E-state index is 0.374. The highest BCUT2D eigenvalue weighted by Gasteiger charge is 2.33. The molecule has 9 aromatic rings. The third-order valence-corrected chi connectivity index (χ3v) is 13.6. The lowest BCUT2D eigenvalue weighted by Crippen LogP contribution is -2.01. The molecular formula is C48H30S3. The van der Waals surface area contributed by atoms with Crippen LogP contribution in [0.2, 0.25) is 0 Å². The highest BCUT2D eigenvalue weighted by Crippen LogP contribution is 2.58. The molecular weight excluding hydrogens is 673 g/mol. The standard InChI is InChI=1S/C48H30S3/c1-3-12-35-33(10-1)44(34-11-2-4-13-36(34)45(35)30-22-24-49-27-30)29-20-21-32-41-18-9-19-42(48(41)51-43(32)26-29)47-39-16-7-5-14-37(39)46(31-23-25-50-28-31)38-15-6-8-17-40(38)47/h1-20,22-28,32H,21H2. The Morgan fingerprint density at radius 2 is 0.922 bits per heavy atom. The molecule has 1 aliphatic carbocycles. The fourth-order valence-corrected chi connectivity index (χ4v) is 11.5. The van der Waals surface area contributed by atoms with Crippen molar-refractivity contribution >= 4 is 83.1 Å². The van der Waals surface area contributed by atoms with E-state index in [2.05, 4.69) is 161 Å². The van der Waals surface area contributed by atoms with Crippen LogP contribution in [0.15, 0.2) is 171 Å². The molecule has 3 heterocycles. The molecule has 1 aliphatic heterocycles.